The lowest BCUT2D eigenvalue weighted by Gasteiger charge is -2.32. The minimum Gasteiger partial charge on any atom is -0.352 e. The summed E-state index contributed by atoms with van der Waals surface area (Å²) in [4.78, 5) is 30.8. The van der Waals surface area contributed by atoms with Crippen molar-refractivity contribution < 1.29 is 9.59 Å². The van der Waals surface area contributed by atoms with E-state index in [9.17, 15) is 9.59 Å². The van der Waals surface area contributed by atoms with E-state index in [2.05, 4.69) is 31.1 Å². The molecule has 0 unspecified atom stereocenters. The Balaban J connectivity index is 1.48. The molecule has 148 valence electrons. The number of likely N-dealkylation sites (tertiary alicyclic amines) is 1. The van der Waals surface area contributed by atoms with Crippen LogP contribution in [0, 0.1) is 5.92 Å². The van der Waals surface area contributed by atoms with Crippen LogP contribution >= 0.6 is 0 Å². The first kappa shape index (κ1) is 20.1. The monoisotopic (exact) mass is 379 g/mol. The molecular weight excluding hydrogens is 350 g/mol. The zero-order valence-electron chi connectivity index (χ0n) is 16.9. The topological polar surface area (TPSA) is 62.3 Å². The van der Waals surface area contributed by atoms with Crippen LogP contribution in [0.4, 0.5) is 0 Å². The van der Waals surface area contributed by atoms with Crippen molar-refractivity contribution in [1.82, 2.24) is 15.2 Å². The number of aromatic nitrogens is 1. The minimum absolute atomic E-state index is 0.0835. The van der Waals surface area contributed by atoms with Crippen LogP contribution in [0.3, 0.4) is 0 Å². The molecule has 1 N–H and O–H groups in total. The van der Waals surface area contributed by atoms with Gasteiger partial charge in [-0.15, -0.1) is 0 Å². The second-order valence-corrected chi connectivity index (χ2v) is 8.51. The number of benzene rings is 1. The third-order valence-corrected chi connectivity index (χ3v) is 5.37. The standard InChI is InChI=1S/C23H29N3O2/c1-23(2,3)20-8-6-18(7-9-20)22(28)26-13-10-17(11-14-26)15-25-21(27)19-5-4-12-24-16-19/h4-9,12,16-17H,10-11,13-15H2,1-3H3,(H,25,27). The fraction of sp³-hybridized carbons (Fsp3) is 0.435. The highest BCUT2D eigenvalue weighted by Crippen LogP contribution is 2.23. The highest BCUT2D eigenvalue weighted by Gasteiger charge is 2.24. The summed E-state index contributed by atoms with van der Waals surface area (Å²) in [6, 6.07) is 11.5. The number of carbonyl (C=O) groups excluding carboxylic acids is 2. The lowest BCUT2D eigenvalue weighted by molar-refractivity contribution is 0.0684. The van der Waals surface area contributed by atoms with Crippen molar-refractivity contribution >= 4 is 11.8 Å². The maximum absolute atomic E-state index is 12.8. The maximum atomic E-state index is 12.8. The molecule has 0 atom stereocenters. The summed E-state index contributed by atoms with van der Waals surface area (Å²) in [5.41, 5.74) is 2.64. The van der Waals surface area contributed by atoms with Crippen molar-refractivity contribution in [2.45, 2.75) is 39.0 Å². The molecule has 0 spiro atoms. The Morgan fingerprint density at radius 2 is 1.75 bits per heavy atom. The molecule has 1 saturated heterocycles. The van der Waals surface area contributed by atoms with Gasteiger partial charge >= 0.3 is 0 Å². The molecule has 1 aliphatic heterocycles. The largest absolute Gasteiger partial charge is 0.352 e. The number of rotatable bonds is 4. The third-order valence-electron chi connectivity index (χ3n) is 5.37. The third kappa shape index (κ3) is 4.97. The maximum Gasteiger partial charge on any atom is 0.253 e. The van der Waals surface area contributed by atoms with Crippen LogP contribution in [-0.4, -0.2) is 41.3 Å². The number of nitrogens with one attached hydrogen (secondary N) is 1. The van der Waals surface area contributed by atoms with E-state index in [0.29, 0.717) is 18.0 Å². The molecular formula is C23H29N3O2. The van der Waals surface area contributed by atoms with E-state index in [1.165, 1.54) is 5.56 Å². The summed E-state index contributed by atoms with van der Waals surface area (Å²) in [5.74, 6) is 0.400. The van der Waals surface area contributed by atoms with E-state index in [1.54, 1.807) is 24.5 Å². The molecule has 0 aliphatic carbocycles. The van der Waals surface area contributed by atoms with Crippen molar-refractivity contribution in [3.8, 4) is 0 Å². The van der Waals surface area contributed by atoms with E-state index < -0.39 is 0 Å². The van der Waals surface area contributed by atoms with E-state index in [-0.39, 0.29) is 17.2 Å². The van der Waals surface area contributed by atoms with Crippen LogP contribution in [0.25, 0.3) is 0 Å². The van der Waals surface area contributed by atoms with Gasteiger partial charge in [-0.3, -0.25) is 14.6 Å². The molecule has 1 aliphatic rings. The van der Waals surface area contributed by atoms with Crippen LogP contribution in [0.1, 0.15) is 59.9 Å². The Labute approximate surface area is 167 Å². The van der Waals surface area contributed by atoms with Gasteiger partial charge in [0.1, 0.15) is 0 Å². The van der Waals surface area contributed by atoms with Crippen molar-refractivity contribution in [3.63, 3.8) is 0 Å². The van der Waals surface area contributed by atoms with Gasteiger partial charge in [-0.25, -0.2) is 0 Å². The molecule has 28 heavy (non-hydrogen) atoms. The highest BCUT2D eigenvalue weighted by atomic mass is 16.2. The number of carbonyl (C=O) groups is 2. The average molecular weight is 380 g/mol. The predicted octanol–water partition coefficient (Wildman–Crippen LogP) is 3.66. The normalized spacial score (nSPS) is 15.3. The van der Waals surface area contributed by atoms with Crippen molar-refractivity contribution in [2.75, 3.05) is 19.6 Å². The van der Waals surface area contributed by atoms with Gasteiger partial charge in [0, 0.05) is 37.6 Å². The Morgan fingerprint density at radius 1 is 1.07 bits per heavy atom. The first-order valence-electron chi connectivity index (χ1n) is 9.92. The second-order valence-electron chi connectivity index (χ2n) is 8.51. The molecule has 5 heteroatoms. The molecule has 1 fully saturated rings. The summed E-state index contributed by atoms with van der Waals surface area (Å²) in [6.45, 7) is 8.60. The van der Waals surface area contributed by atoms with Crippen molar-refractivity contribution in [3.05, 3.63) is 65.5 Å². The number of piperidine rings is 1. The summed E-state index contributed by atoms with van der Waals surface area (Å²) >= 11 is 0. The molecule has 0 radical (unpaired) electrons. The van der Waals surface area contributed by atoms with Gasteiger partial charge < -0.3 is 10.2 Å². The van der Waals surface area contributed by atoms with Gasteiger partial charge in [0.05, 0.1) is 5.56 Å². The van der Waals surface area contributed by atoms with Gasteiger partial charge in [0.2, 0.25) is 0 Å². The van der Waals surface area contributed by atoms with E-state index in [0.717, 1.165) is 31.5 Å². The van der Waals surface area contributed by atoms with Crippen LogP contribution in [0.5, 0.6) is 0 Å². The fourth-order valence-corrected chi connectivity index (χ4v) is 3.47. The SMILES string of the molecule is CC(C)(C)c1ccc(C(=O)N2CCC(CNC(=O)c3cccnc3)CC2)cc1. The quantitative estimate of drug-likeness (QED) is 0.882. The van der Waals surface area contributed by atoms with E-state index in [1.807, 2.05) is 29.2 Å². The van der Waals surface area contributed by atoms with Gasteiger partial charge in [-0.05, 0) is 54.0 Å². The summed E-state index contributed by atoms with van der Waals surface area (Å²) in [7, 11) is 0. The van der Waals surface area contributed by atoms with E-state index >= 15 is 0 Å². The number of hydrogen-bond donors (Lipinski definition) is 1. The van der Waals surface area contributed by atoms with Crippen LogP contribution in [-0.2, 0) is 5.41 Å². The molecule has 5 nitrogen and oxygen atoms in total. The smallest absolute Gasteiger partial charge is 0.253 e. The zero-order valence-corrected chi connectivity index (χ0v) is 16.9. The van der Waals surface area contributed by atoms with Crippen LogP contribution in [0.15, 0.2) is 48.8 Å². The Morgan fingerprint density at radius 3 is 2.32 bits per heavy atom. The van der Waals surface area contributed by atoms with Gasteiger partial charge in [-0.2, -0.15) is 0 Å². The first-order valence-corrected chi connectivity index (χ1v) is 9.92. The molecule has 2 aromatic rings. The second kappa shape index (κ2) is 8.55. The molecule has 2 amide bonds. The first-order chi connectivity index (χ1) is 13.3. The molecule has 0 bridgehead atoms. The van der Waals surface area contributed by atoms with Gasteiger partial charge in [-0.1, -0.05) is 32.9 Å². The summed E-state index contributed by atoms with van der Waals surface area (Å²) < 4.78 is 0. The molecule has 1 aromatic heterocycles. The van der Waals surface area contributed by atoms with Crippen molar-refractivity contribution in [1.29, 1.82) is 0 Å². The Kier molecular flexibility index (Phi) is 6.12. The fourth-order valence-electron chi connectivity index (χ4n) is 3.47. The molecule has 2 heterocycles. The zero-order chi connectivity index (χ0) is 20.1. The minimum atomic E-state index is -0.0921. The average Bonchev–Trinajstić information content (AvgIpc) is 2.72. The summed E-state index contributed by atoms with van der Waals surface area (Å²) in [5, 5.41) is 2.98. The van der Waals surface area contributed by atoms with Crippen LogP contribution < -0.4 is 5.32 Å². The van der Waals surface area contributed by atoms with Gasteiger partial charge in [0.25, 0.3) is 11.8 Å². The lowest BCUT2D eigenvalue weighted by Crippen LogP contribution is -2.41. The van der Waals surface area contributed by atoms with Crippen LogP contribution in [0.2, 0.25) is 0 Å². The lowest BCUT2D eigenvalue weighted by atomic mass is 9.86. The van der Waals surface area contributed by atoms with Gasteiger partial charge in [0.15, 0.2) is 0 Å². The molecule has 3 rings (SSSR count). The Hall–Kier alpha value is -2.69. The number of nitrogens with zero attached hydrogens (tertiary/aromatic N) is 2. The molecule has 1 aromatic carbocycles. The number of pyridine rings is 1. The number of amides is 2. The molecule has 0 saturated carbocycles. The number of hydrogen-bond acceptors (Lipinski definition) is 3. The summed E-state index contributed by atoms with van der Waals surface area (Å²) in [6.07, 6.45) is 5.03. The predicted molar refractivity (Wildman–Crippen MR) is 110 cm³/mol. The highest BCUT2D eigenvalue weighted by molar-refractivity contribution is 5.94. The Bertz CT molecular complexity index is 802. The van der Waals surface area contributed by atoms with E-state index in [4.69, 9.17) is 0 Å². The van der Waals surface area contributed by atoms with Crippen molar-refractivity contribution in [2.24, 2.45) is 5.92 Å².